The first-order chi connectivity index (χ1) is 11.1. The van der Waals surface area contributed by atoms with Gasteiger partial charge < -0.3 is 0 Å². The number of benzene rings is 2. The number of aromatic nitrogens is 3. The van der Waals surface area contributed by atoms with Crippen LogP contribution in [0.25, 0.3) is 22.6 Å². The van der Waals surface area contributed by atoms with Crippen molar-refractivity contribution in [3.05, 3.63) is 65.6 Å². The molecule has 0 bridgehead atoms. The van der Waals surface area contributed by atoms with Crippen LogP contribution in [0.5, 0.6) is 0 Å². The Hall–Kier alpha value is -3.27. The molecular formula is C16H7F3N4. The quantitative estimate of drug-likeness (QED) is 0.726. The van der Waals surface area contributed by atoms with Gasteiger partial charge in [-0.3, -0.25) is 0 Å². The first-order valence-corrected chi connectivity index (χ1v) is 6.43. The Bertz CT molecular complexity index is 935. The summed E-state index contributed by atoms with van der Waals surface area (Å²) in [5.74, 6) is -2.22. The van der Waals surface area contributed by atoms with Crippen LogP contribution in [0.3, 0.4) is 0 Å². The Morgan fingerprint density at radius 2 is 1.78 bits per heavy atom. The second-order valence-electron chi connectivity index (χ2n) is 4.60. The van der Waals surface area contributed by atoms with E-state index in [9.17, 15) is 13.2 Å². The lowest BCUT2D eigenvalue weighted by atomic mass is 10.1. The molecule has 4 nitrogen and oxygen atoms in total. The van der Waals surface area contributed by atoms with E-state index in [-0.39, 0.29) is 22.6 Å². The zero-order chi connectivity index (χ0) is 16.4. The predicted molar refractivity (Wildman–Crippen MR) is 75.3 cm³/mol. The molecular weight excluding hydrogens is 305 g/mol. The van der Waals surface area contributed by atoms with Gasteiger partial charge in [0.05, 0.1) is 23.0 Å². The minimum Gasteiger partial charge on any atom is -0.225 e. The molecule has 3 aromatic rings. The molecule has 0 fully saturated rings. The van der Waals surface area contributed by atoms with Gasteiger partial charge >= 0.3 is 0 Å². The van der Waals surface area contributed by atoms with E-state index in [1.54, 1.807) is 6.07 Å². The van der Waals surface area contributed by atoms with E-state index in [1.165, 1.54) is 24.4 Å². The maximum absolute atomic E-state index is 13.8. The fourth-order valence-electron chi connectivity index (χ4n) is 2.00. The van der Waals surface area contributed by atoms with E-state index in [0.717, 1.165) is 18.2 Å². The van der Waals surface area contributed by atoms with Crippen molar-refractivity contribution in [3.63, 3.8) is 0 Å². The van der Waals surface area contributed by atoms with E-state index in [4.69, 9.17) is 5.26 Å². The molecule has 2 aromatic carbocycles. The van der Waals surface area contributed by atoms with Crippen LogP contribution in [0, 0.1) is 28.8 Å². The summed E-state index contributed by atoms with van der Waals surface area (Å²) in [5, 5.41) is 16.3. The third-order valence-corrected chi connectivity index (χ3v) is 3.11. The number of halogens is 3. The van der Waals surface area contributed by atoms with Crippen molar-refractivity contribution in [1.29, 1.82) is 5.26 Å². The summed E-state index contributed by atoms with van der Waals surface area (Å²) < 4.78 is 40.1. The van der Waals surface area contributed by atoms with Gasteiger partial charge in [0, 0.05) is 11.6 Å². The van der Waals surface area contributed by atoms with Crippen molar-refractivity contribution in [2.75, 3.05) is 0 Å². The van der Waals surface area contributed by atoms with Crippen LogP contribution in [0.15, 0.2) is 42.6 Å². The second-order valence-corrected chi connectivity index (χ2v) is 4.60. The van der Waals surface area contributed by atoms with Crippen molar-refractivity contribution >= 4 is 0 Å². The number of nitriles is 1. The molecule has 3 rings (SSSR count). The average molecular weight is 312 g/mol. The zero-order valence-electron chi connectivity index (χ0n) is 11.5. The summed E-state index contributed by atoms with van der Waals surface area (Å²) in [6, 6.07) is 8.60. The second kappa shape index (κ2) is 5.85. The maximum atomic E-state index is 13.8. The highest BCUT2D eigenvalue weighted by Gasteiger charge is 2.12. The summed E-state index contributed by atoms with van der Waals surface area (Å²) >= 11 is 0. The highest BCUT2D eigenvalue weighted by molar-refractivity contribution is 5.64. The van der Waals surface area contributed by atoms with E-state index < -0.39 is 17.5 Å². The highest BCUT2D eigenvalue weighted by Crippen LogP contribution is 2.23. The molecule has 0 radical (unpaired) electrons. The third kappa shape index (κ3) is 2.87. The van der Waals surface area contributed by atoms with Gasteiger partial charge in [-0.25, -0.2) is 18.2 Å². The van der Waals surface area contributed by atoms with Crippen LogP contribution in [-0.4, -0.2) is 15.2 Å². The van der Waals surface area contributed by atoms with Gasteiger partial charge in [0.2, 0.25) is 0 Å². The monoisotopic (exact) mass is 312 g/mol. The normalized spacial score (nSPS) is 10.3. The minimum atomic E-state index is -0.819. The lowest BCUT2D eigenvalue weighted by Gasteiger charge is -2.05. The van der Waals surface area contributed by atoms with E-state index in [1.807, 2.05) is 0 Å². The highest BCUT2D eigenvalue weighted by atomic mass is 19.1. The SMILES string of the molecule is N#Cc1cc(-c2cnnc(-c3ccc(F)cc3F)n2)ccc1F. The molecule has 0 saturated heterocycles. The molecule has 0 saturated carbocycles. The standard InChI is InChI=1S/C16H7F3N4/c17-11-2-3-12(14(19)6-11)16-22-15(8-21-23-16)9-1-4-13(18)10(5-9)7-20/h1-6,8H. The maximum Gasteiger partial charge on any atom is 0.185 e. The van der Waals surface area contributed by atoms with Crippen molar-refractivity contribution in [2.24, 2.45) is 0 Å². The van der Waals surface area contributed by atoms with Crippen LogP contribution >= 0.6 is 0 Å². The molecule has 1 heterocycles. The van der Waals surface area contributed by atoms with Crippen LogP contribution in [0.2, 0.25) is 0 Å². The van der Waals surface area contributed by atoms with Crippen LogP contribution in [0.1, 0.15) is 5.56 Å². The van der Waals surface area contributed by atoms with Gasteiger partial charge in [0.15, 0.2) is 5.82 Å². The predicted octanol–water partition coefficient (Wildman–Crippen LogP) is 3.49. The van der Waals surface area contributed by atoms with Gasteiger partial charge in [0.1, 0.15) is 23.5 Å². The number of hydrogen-bond acceptors (Lipinski definition) is 4. The van der Waals surface area contributed by atoms with Crippen molar-refractivity contribution in [1.82, 2.24) is 15.2 Å². The van der Waals surface area contributed by atoms with Crippen LogP contribution < -0.4 is 0 Å². The van der Waals surface area contributed by atoms with Crippen LogP contribution in [-0.2, 0) is 0 Å². The number of nitrogens with zero attached hydrogens (tertiary/aromatic N) is 4. The molecule has 0 spiro atoms. The molecule has 0 atom stereocenters. The summed E-state index contributed by atoms with van der Waals surface area (Å²) in [6.07, 6.45) is 1.30. The molecule has 1 aromatic heterocycles. The van der Waals surface area contributed by atoms with Gasteiger partial charge in [-0.15, -0.1) is 5.10 Å². The molecule has 0 unspecified atom stereocenters. The first-order valence-electron chi connectivity index (χ1n) is 6.43. The fraction of sp³-hybridized carbons (Fsp3) is 0. The minimum absolute atomic E-state index is 0.0108. The Morgan fingerprint density at radius 1 is 0.957 bits per heavy atom. The van der Waals surface area contributed by atoms with Crippen molar-refractivity contribution < 1.29 is 13.2 Å². The zero-order valence-corrected chi connectivity index (χ0v) is 11.5. The van der Waals surface area contributed by atoms with Gasteiger partial charge in [-0.2, -0.15) is 10.4 Å². The average Bonchev–Trinajstić information content (AvgIpc) is 2.55. The smallest absolute Gasteiger partial charge is 0.185 e. The first kappa shape index (κ1) is 14.7. The Kier molecular flexibility index (Phi) is 3.73. The van der Waals surface area contributed by atoms with Crippen LogP contribution in [0.4, 0.5) is 13.2 Å². The lowest BCUT2D eigenvalue weighted by Crippen LogP contribution is -1.98. The topological polar surface area (TPSA) is 62.5 Å². The Balaban J connectivity index is 2.08. The number of rotatable bonds is 2. The summed E-state index contributed by atoms with van der Waals surface area (Å²) in [7, 11) is 0. The molecule has 0 aliphatic carbocycles. The largest absolute Gasteiger partial charge is 0.225 e. The summed E-state index contributed by atoms with van der Waals surface area (Å²) in [4.78, 5) is 4.14. The van der Waals surface area contributed by atoms with Crippen molar-refractivity contribution in [2.45, 2.75) is 0 Å². The molecule has 7 heteroatoms. The Labute approximate surface area is 128 Å². The van der Waals surface area contributed by atoms with Crippen molar-refractivity contribution in [3.8, 4) is 28.7 Å². The fourth-order valence-corrected chi connectivity index (χ4v) is 2.00. The molecule has 112 valence electrons. The van der Waals surface area contributed by atoms with E-state index in [0.29, 0.717) is 5.56 Å². The molecule has 0 amide bonds. The van der Waals surface area contributed by atoms with Gasteiger partial charge in [-0.1, -0.05) is 0 Å². The molecule has 0 aliphatic heterocycles. The number of hydrogen-bond donors (Lipinski definition) is 0. The van der Waals surface area contributed by atoms with E-state index in [2.05, 4.69) is 15.2 Å². The summed E-state index contributed by atoms with van der Waals surface area (Å²) in [5.41, 5.74) is 0.566. The Morgan fingerprint density at radius 3 is 2.52 bits per heavy atom. The molecule has 23 heavy (non-hydrogen) atoms. The summed E-state index contributed by atoms with van der Waals surface area (Å²) in [6.45, 7) is 0. The van der Waals surface area contributed by atoms with Gasteiger partial charge in [0.25, 0.3) is 0 Å². The third-order valence-electron chi connectivity index (χ3n) is 3.11. The molecule has 0 aliphatic rings. The molecule has 0 N–H and O–H groups in total. The lowest BCUT2D eigenvalue weighted by molar-refractivity contribution is 0.584. The van der Waals surface area contributed by atoms with Gasteiger partial charge in [-0.05, 0) is 30.3 Å². The van der Waals surface area contributed by atoms with E-state index >= 15 is 0 Å².